The Morgan fingerprint density at radius 2 is 1.77 bits per heavy atom. The number of carbonyl (C=O) groups is 2. The van der Waals surface area contributed by atoms with E-state index in [0.717, 1.165) is 28.1 Å². The Morgan fingerprint density at radius 3 is 2.42 bits per heavy atom. The second-order valence-corrected chi connectivity index (χ2v) is 9.32. The van der Waals surface area contributed by atoms with Crippen LogP contribution in [0.1, 0.15) is 33.5 Å². The second-order valence-electron chi connectivity index (χ2n) is 7.47. The van der Waals surface area contributed by atoms with Crippen molar-refractivity contribution in [2.75, 3.05) is 17.3 Å². The Morgan fingerprint density at radius 1 is 1.10 bits per heavy atom. The van der Waals surface area contributed by atoms with Gasteiger partial charge in [-0.05, 0) is 62.5 Å². The van der Waals surface area contributed by atoms with E-state index in [0.29, 0.717) is 17.1 Å². The minimum Gasteiger partial charge on any atom is -0.340 e. The van der Waals surface area contributed by atoms with Crippen LogP contribution in [-0.2, 0) is 4.79 Å². The Labute approximate surface area is 191 Å². The van der Waals surface area contributed by atoms with Crippen molar-refractivity contribution in [2.45, 2.75) is 33.2 Å². The molecule has 3 aromatic rings. The fourth-order valence-electron chi connectivity index (χ4n) is 3.56. The van der Waals surface area contributed by atoms with Gasteiger partial charge < -0.3 is 10.6 Å². The molecular formula is C24H27N3O2S2. The highest BCUT2D eigenvalue weighted by molar-refractivity contribution is 7.98. The highest BCUT2D eigenvalue weighted by Gasteiger charge is 2.22. The molecule has 0 radical (unpaired) electrons. The van der Waals surface area contributed by atoms with Crippen LogP contribution in [0.3, 0.4) is 0 Å². The average Bonchev–Trinajstić information content (AvgIpc) is 3.18. The van der Waals surface area contributed by atoms with Gasteiger partial charge in [0.25, 0.3) is 5.91 Å². The van der Waals surface area contributed by atoms with Crippen molar-refractivity contribution >= 4 is 40.0 Å². The van der Waals surface area contributed by atoms with Gasteiger partial charge in [-0.15, -0.1) is 11.3 Å². The van der Waals surface area contributed by atoms with Gasteiger partial charge in [0.05, 0.1) is 5.69 Å². The maximum Gasteiger partial charge on any atom is 0.251 e. The molecule has 1 heterocycles. The molecule has 3 rings (SSSR count). The molecule has 0 aliphatic heterocycles. The van der Waals surface area contributed by atoms with Crippen molar-refractivity contribution in [1.82, 2.24) is 10.3 Å². The van der Waals surface area contributed by atoms with Gasteiger partial charge in [0, 0.05) is 16.5 Å². The molecule has 1 unspecified atom stereocenters. The first-order valence-electron chi connectivity index (χ1n) is 10.1. The zero-order chi connectivity index (χ0) is 22.4. The zero-order valence-corrected chi connectivity index (χ0v) is 19.8. The molecule has 0 saturated heterocycles. The first-order chi connectivity index (χ1) is 14.9. The standard InChI is InChI=1S/C24H27N3O2S2/c1-15-12-16(2)21(17(3)13-15)20-14-31-24(26-20)27-23(29)19(10-11-30-4)25-22(28)18-8-6-5-7-9-18/h5-9,12-14,19H,10-11H2,1-4H3,(H,25,28)(H,26,27,29). The lowest BCUT2D eigenvalue weighted by Crippen LogP contribution is -2.44. The Balaban J connectivity index is 1.74. The van der Waals surface area contributed by atoms with Crippen molar-refractivity contribution in [1.29, 1.82) is 0 Å². The molecule has 162 valence electrons. The number of anilines is 1. The van der Waals surface area contributed by atoms with E-state index in [1.54, 1.807) is 36.0 Å². The SMILES string of the molecule is CSCCC(NC(=O)c1ccccc1)C(=O)Nc1nc(-c2c(C)cc(C)cc2C)cs1. The normalized spacial score (nSPS) is 11.7. The molecular weight excluding hydrogens is 426 g/mol. The van der Waals surface area contributed by atoms with Gasteiger partial charge in [-0.2, -0.15) is 11.8 Å². The number of thiazole rings is 1. The summed E-state index contributed by atoms with van der Waals surface area (Å²) in [5.41, 5.74) is 6.02. The third-order valence-corrected chi connectivity index (χ3v) is 6.34. The lowest BCUT2D eigenvalue weighted by atomic mass is 9.98. The van der Waals surface area contributed by atoms with Crippen molar-refractivity contribution in [3.63, 3.8) is 0 Å². The van der Waals surface area contributed by atoms with Crippen LogP contribution in [0, 0.1) is 20.8 Å². The van der Waals surface area contributed by atoms with Crippen LogP contribution >= 0.6 is 23.1 Å². The van der Waals surface area contributed by atoms with Crippen LogP contribution in [0.25, 0.3) is 11.3 Å². The van der Waals surface area contributed by atoms with E-state index in [1.807, 2.05) is 17.7 Å². The molecule has 0 bridgehead atoms. The van der Waals surface area contributed by atoms with E-state index >= 15 is 0 Å². The third kappa shape index (κ3) is 5.95. The van der Waals surface area contributed by atoms with Crippen molar-refractivity contribution in [3.05, 3.63) is 70.1 Å². The highest BCUT2D eigenvalue weighted by atomic mass is 32.2. The number of nitrogens with one attached hydrogen (secondary N) is 2. The third-order valence-electron chi connectivity index (χ3n) is 4.94. The molecule has 2 amide bonds. The summed E-state index contributed by atoms with van der Waals surface area (Å²) >= 11 is 3.03. The number of amides is 2. The van der Waals surface area contributed by atoms with Crippen LogP contribution < -0.4 is 10.6 Å². The summed E-state index contributed by atoms with van der Waals surface area (Å²) < 4.78 is 0. The van der Waals surface area contributed by atoms with E-state index in [9.17, 15) is 9.59 Å². The minimum absolute atomic E-state index is 0.253. The fourth-order valence-corrected chi connectivity index (χ4v) is 4.73. The lowest BCUT2D eigenvalue weighted by molar-refractivity contribution is -0.118. The molecule has 7 heteroatoms. The number of thioether (sulfide) groups is 1. The summed E-state index contributed by atoms with van der Waals surface area (Å²) in [7, 11) is 0. The van der Waals surface area contributed by atoms with E-state index in [1.165, 1.54) is 16.9 Å². The minimum atomic E-state index is -0.629. The summed E-state index contributed by atoms with van der Waals surface area (Å²) in [4.78, 5) is 30.1. The van der Waals surface area contributed by atoms with Gasteiger partial charge in [0.1, 0.15) is 6.04 Å². The average molecular weight is 454 g/mol. The maximum absolute atomic E-state index is 12.9. The molecule has 2 N–H and O–H groups in total. The van der Waals surface area contributed by atoms with Gasteiger partial charge in [-0.1, -0.05) is 35.9 Å². The first kappa shape index (κ1) is 23.0. The Hall–Kier alpha value is -2.64. The summed E-state index contributed by atoms with van der Waals surface area (Å²) in [5, 5.41) is 8.24. The number of benzene rings is 2. The number of hydrogen-bond donors (Lipinski definition) is 2. The molecule has 31 heavy (non-hydrogen) atoms. The smallest absolute Gasteiger partial charge is 0.251 e. The quantitative estimate of drug-likeness (QED) is 0.490. The van der Waals surface area contributed by atoms with Gasteiger partial charge in [-0.25, -0.2) is 4.98 Å². The predicted octanol–water partition coefficient (Wildman–Crippen LogP) is 5.23. The fraction of sp³-hybridized carbons (Fsp3) is 0.292. The monoisotopic (exact) mass is 453 g/mol. The molecule has 5 nitrogen and oxygen atoms in total. The second kappa shape index (κ2) is 10.6. The predicted molar refractivity (Wildman–Crippen MR) is 131 cm³/mol. The van der Waals surface area contributed by atoms with Gasteiger partial charge in [0.2, 0.25) is 5.91 Å². The number of aromatic nitrogens is 1. The van der Waals surface area contributed by atoms with Crippen LogP contribution in [0.5, 0.6) is 0 Å². The maximum atomic E-state index is 12.9. The van der Waals surface area contributed by atoms with Gasteiger partial charge in [-0.3, -0.25) is 9.59 Å². The molecule has 1 aromatic heterocycles. The molecule has 1 atom stereocenters. The zero-order valence-electron chi connectivity index (χ0n) is 18.2. The van der Waals surface area contributed by atoms with E-state index < -0.39 is 6.04 Å². The molecule has 0 aliphatic carbocycles. The number of nitrogens with zero attached hydrogens (tertiary/aromatic N) is 1. The number of aryl methyl sites for hydroxylation is 3. The van der Waals surface area contributed by atoms with Crippen molar-refractivity contribution in [3.8, 4) is 11.3 Å². The Bertz CT molecular complexity index is 1040. The molecule has 2 aromatic carbocycles. The molecule has 0 spiro atoms. The summed E-state index contributed by atoms with van der Waals surface area (Å²) in [5.74, 6) is 0.252. The Kier molecular flexibility index (Phi) is 7.87. The molecule has 0 aliphatic rings. The summed E-state index contributed by atoms with van der Waals surface area (Å²) in [6.07, 6.45) is 2.52. The van der Waals surface area contributed by atoms with Gasteiger partial charge in [0.15, 0.2) is 5.13 Å². The summed E-state index contributed by atoms with van der Waals surface area (Å²) in [6.45, 7) is 6.23. The molecule has 0 fully saturated rings. The number of rotatable bonds is 8. The number of hydrogen-bond acceptors (Lipinski definition) is 5. The number of carbonyl (C=O) groups excluding carboxylic acids is 2. The summed E-state index contributed by atoms with van der Waals surface area (Å²) in [6, 6.07) is 12.6. The van der Waals surface area contributed by atoms with E-state index in [2.05, 4.69) is 48.5 Å². The van der Waals surface area contributed by atoms with Crippen LogP contribution in [0.2, 0.25) is 0 Å². The molecule has 0 saturated carbocycles. The first-order valence-corrected chi connectivity index (χ1v) is 12.4. The lowest BCUT2D eigenvalue weighted by Gasteiger charge is -2.17. The van der Waals surface area contributed by atoms with Crippen LogP contribution in [-0.4, -0.2) is 34.8 Å². The topological polar surface area (TPSA) is 71.1 Å². The van der Waals surface area contributed by atoms with Crippen LogP contribution in [0.4, 0.5) is 5.13 Å². The van der Waals surface area contributed by atoms with Crippen LogP contribution in [0.15, 0.2) is 47.8 Å². The van der Waals surface area contributed by atoms with E-state index in [4.69, 9.17) is 0 Å². The van der Waals surface area contributed by atoms with Crippen molar-refractivity contribution in [2.24, 2.45) is 0 Å². The van der Waals surface area contributed by atoms with E-state index in [-0.39, 0.29) is 11.8 Å². The van der Waals surface area contributed by atoms with Crippen molar-refractivity contribution < 1.29 is 9.59 Å². The largest absolute Gasteiger partial charge is 0.340 e. The van der Waals surface area contributed by atoms with Gasteiger partial charge >= 0.3 is 0 Å². The highest BCUT2D eigenvalue weighted by Crippen LogP contribution is 2.31.